The van der Waals surface area contributed by atoms with Crippen LogP contribution >= 0.6 is 0 Å². The van der Waals surface area contributed by atoms with Gasteiger partial charge in [0.2, 0.25) is 15.9 Å². The fourth-order valence-corrected chi connectivity index (χ4v) is 2.76. The maximum atomic E-state index is 11.3. The van der Waals surface area contributed by atoms with Gasteiger partial charge in [0.05, 0.1) is 6.26 Å². The maximum absolute atomic E-state index is 11.3. The molecule has 0 aromatic heterocycles. The molecule has 0 saturated carbocycles. The number of carboxylic acids is 1. The first-order chi connectivity index (χ1) is 8.70. The average Bonchev–Trinajstić information content (AvgIpc) is 2.27. The Hall–Kier alpha value is -1.19. The number of amides is 1. The number of piperazine rings is 1. The molecule has 2 N–H and O–H groups in total. The van der Waals surface area contributed by atoms with Crippen molar-refractivity contribution in [3.63, 3.8) is 0 Å². The van der Waals surface area contributed by atoms with Crippen molar-refractivity contribution in [3.8, 4) is 0 Å². The lowest BCUT2D eigenvalue weighted by molar-refractivity contribution is -0.142. The number of carboxylic acid groups (broad SMARTS) is 1. The van der Waals surface area contributed by atoms with Gasteiger partial charge in [-0.3, -0.25) is 9.69 Å². The zero-order chi connectivity index (χ0) is 14.6. The molecule has 1 heterocycles. The first-order valence-corrected chi connectivity index (χ1v) is 7.72. The summed E-state index contributed by atoms with van der Waals surface area (Å²) in [5.74, 6) is -1.50. The van der Waals surface area contributed by atoms with E-state index < -0.39 is 27.9 Å². The minimum atomic E-state index is -3.19. The van der Waals surface area contributed by atoms with E-state index in [1.807, 2.05) is 4.90 Å². The molecule has 1 aliphatic rings. The predicted molar refractivity (Wildman–Crippen MR) is 68.1 cm³/mol. The van der Waals surface area contributed by atoms with E-state index >= 15 is 0 Å². The van der Waals surface area contributed by atoms with Crippen LogP contribution in [0.4, 0.5) is 0 Å². The van der Waals surface area contributed by atoms with Crippen LogP contribution in [0.5, 0.6) is 0 Å². The zero-order valence-electron chi connectivity index (χ0n) is 11.0. The molecule has 1 fully saturated rings. The highest BCUT2D eigenvalue weighted by Gasteiger charge is 2.27. The predicted octanol–water partition coefficient (Wildman–Crippen LogP) is -1.85. The molecule has 1 saturated heterocycles. The topological polar surface area (TPSA) is 107 Å². The number of hydrogen-bond donors (Lipinski definition) is 2. The molecule has 1 rings (SSSR count). The molecular formula is C10H19N3O5S. The van der Waals surface area contributed by atoms with Crippen LogP contribution in [0.1, 0.15) is 6.92 Å². The highest BCUT2D eigenvalue weighted by Crippen LogP contribution is 2.06. The smallest absolute Gasteiger partial charge is 0.327 e. The lowest BCUT2D eigenvalue weighted by Crippen LogP contribution is -2.54. The Morgan fingerprint density at radius 1 is 1.26 bits per heavy atom. The van der Waals surface area contributed by atoms with E-state index in [2.05, 4.69) is 5.32 Å². The Labute approximate surface area is 112 Å². The van der Waals surface area contributed by atoms with Crippen LogP contribution in [0.3, 0.4) is 0 Å². The van der Waals surface area contributed by atoms with Crippen molar-refractivity contribution in [2.75, 3.05) is 39.0 Å². The largest absolute Gasteiger partial charge is 0.480 e. The zero-order valence-corrected chi connectivity index (χ0v) is 11.8. The highest BCUT2D eigenvalue weighted by molar-refractivity contribution is 7.88. The van der Waals surface area contributed by atoms with Crippen LogP contribution < -0.4 is 5.32 Å². The van der Waals surface area contributed by atoms with Crippen LogP contribution in [0, 0.1) is 0 Å². The maximum Gasteiger partial charge on any atom is 0.327 e. The standard InChI is InChI=1S/C10H19N3O5S/c1-8(14)11-9(10(15)16)7-12-3-5-13(6-4-12)19(2,17)18/h9H,3-7H2,1-2H3,(H,11,14)(H,15,16). The van der Waals surface area contributed by atoms with Gasteiger partial charge >= 0.3 is 5.97 Å². The first-order valence-electron chi connectivity index (χ1n) is 5.87. The fourth-order valence-electron chi connectivity index (χ4n) is 1.93. The second kappa shape index (κ2) is 6.31. The SMILES string of the molecule is CC(=O)NC(CN1CCN(S(C)(=O)=O)CC1)C(=O)O. The van der Waals surface area contributed by atoms with Crippen molar-refractivity contribution in [2.45, 2.75) is 13.0 Å². The summed E-state index contributed by atoms with van der Waals surface area (Å²) in [6.45, 7) is 3.02. The normalized spacial score (nSPS) is 19.9. The first kappa shape index (κ1) is 15.9. The Kier molecular flexibility index (Phi) is 5.27. The molecule has 0 radical (unpaired) electrons. The number of carbonyl (C=O) groups excluding carboxylic acids is 1. The molecular weight excluding hydrogens is 274 g/mol. The molecule has 1 unspecified atom stereocenters. The Morgan fingerprint density at radius 3 is 2.16 bits per heavy atom. The van der Waals surface area contributed by atoms with Gasteiger partial charge in [0.15, 0.2) is 0 Å². The summed E-state index contributed by atoms with van der Waals surface area (Å²) in [6.07, 6.45) is 1.15. The molecule has 1 amide bonds. The molecule has 8 nitrogen and oxygen atoms in total. The molecule has 110 valence electrons. The minimum absolute atomic E-state index is 0.173. The third-order valence-corrected chi connectivity index (χ3v) is 4.22. The number of aliphatic carboxylic acids is 1. The number of nitrogens with zero attached hydrogens (tertiary/aromatic N) is 2. The summed E-state index contributed by atoms with van der Waals surface area (Å²) in [5, 5.41) is 11.3. The number of carbonyl (C=O) groups is 2. The van der Waals surface area contributed by atoms with E-state index in [-0.39, 0.29) is 6.54 Å². The summed E-state index contributed by atoms with van der Waals surface area (Å²) in [4.78, 5) is 23.7. The van der Waals surface area contributed by atoms with Gasteiger partial charge in [0.25, 0.3) is 0 Å². The lowest BCUT2D eigenvalue weighted by atomic mass is 10.2. The van der Waals surface area contributed by atoms with E-state index in [0.29, 0.717) is 26.2 Å². The molecule has 1 aliphatic heterocycles. The van der Waals surface area contributed by atoms with Crippen molar-refractivity contribution >= 4 is 21.9 Å². The summed E-state index contributed by atoms with van der Waals surface area (Å²) in [7, 11) is -3.19. The van der Waals surface area contributed by atoms with Crippen molar-refractivity contribution in [1.82, 2.24) is 14.5 Å². The third kappa shape index (κ3) is 5.13. The molecule has 0 aromatic rings. The second-order valence-corrected chi connectivity index (χ2v) is 6.54. The summed E-state index contributed by atoms with van der Waals surface area (Å²) in [6, 6.07) is -0.970. The highest BCUT2D eigenvalue weighted by atomic mass is 32.2. The molecule has 19 heavy (non-hydrogen) atoms. The minimum Gasteiger partial charge on any atom is -0.480 e. The number of rotatable bonds is 5. The summed E-state index contributed by atoms with van der Waals surface area (Å²) < 4.78 is 24.0. The molecule has 0 bridgehead atoms. The average molecular weight is 293 g/mol. The number of hydrogen-bond acceptors (Lipinski definition) is 5. The van der Waals surface area contributed by atoms with Crippen LogP contribution in [0.2, 0.25) is 0 Å². The van der Waals surface area contributed by atoms with E-state index in [1.165, 1.54) is 11.2 Å². The van der Waals surface area contributed by atoms with Gasteiger partial charge < -0.3 is 10.4 Å². The fraction of sp³-hybridized carbons (Fsp3) is 0.800. The Morgan fingerprint density at radius 2 is 1.79 bits per heavy atom. The van der Waals surface area contributed by atoms with Gasteiger partial charge in [-0.05, 0) is 0 Å². The van der Waals surface area contributed by atoms with Crippen molar-refractivity contribution in [1.29, 1.82) is 0 Å². The van der Waals surface area contributed by atoms with Crippen LogP contribution in [0.15, 0.2) is 0 Å². The lowest BCUT2D eigenvalue weighted by Gasteiger charge is -2.34. The van der Waals surface area contributed by atoms with Gasteiger partial charge in [-0.2, -0.15) is 4.31 Å². The van der Waals surface area contributed by atoms with Crippen molar-refractivity contribution in [2.24, 2.45) is 0 Å². The Bertz CT molecular complexity index is 442. The number of nitrogens with one attached hydrogen (secondary N) is 1. The van der Waals surface area contributed by atoms with E-state index in [1.54, 1.807) is 0 Å². The van der Waals surface area contributed by atoms with Crippen molar-refractivity contribution < 1.29 is 23.1 Å². The van der Waals surface area contributed by atoms with Gasteiger partial charge in [-0.25, -0.2) is 13.2 Å². The molecule has 1 atom stereocenters. The third-order valence-electron chi connectivity index (χ3n) is 2.92. The van der Waals surface area contributed by atoms with Gasteiger partial charge in [-0.15, -0.1) is 0 Å². The van der Waals surface area contributed by atoms with Crippen molar-refractivity contribution in [3.05, 3.63) is 0 Å². The summed E-state index contributed by atoms with van der Waals surface area (Å²) >= 11 is 0. The van der Waals surface area contributed by atoms with Gasteiger partial charge in [0.1, 0.15) is 6.04 Å². The van der Waals surface area contributed by atoms with E-state index in [9.17, 15) is 18.0 Å². The number of sulfonamides is 1. The molecule has 9 heteroatoms. The van der Waals surface area contributed by atoms with E-state index in [0.717, 1.165) is 6.26 Å². The Balaban J connectivity index is 2.51. The van der Waals surface area contributed by atoms with Crippen LogP contribution in [-0.2, 0) is 19.6 Å². The van der Waals surface area contributed by atoms with Crippen LogP contribution in [0.25, 0.3) is 0 Å². The van der Waals surface area contributed by atoms with Gasteiger partial charge in [0, 0.05) is 39.6 Å². The summed E-state index contributed by atoms with van der Waals surface area (Å²) in [5.41, 5.74) is 0. The monoisotopic (exact) mass is 293 g/mol. The molecule has 0 spiro atoms. The second-order valence-electron chi connectivity index (χ2n) is 4.55. The van der Waals surface area contributed by atoms with E-state index in [4.69, 9.17) is 5.11 Å². The molecule has 0 aliphatic carbocycles. The molecule has 0 aromatic carbocycles. The quantitative estimate of drug-likeness (QED) is 0.616. The van der Waals surface area contributed by atoms with Crippen LogP contribution in [-0.4, -0.2) is 79.6 Å². The van der Waals surface area contributed by atoms with Gasteiger partial charge in [-0.1, -0.05) is 0 Å².